The van der Waals surface area contributed by atoms with Crippen LogP contribution in [0.2, 0.25) is 0 Å². The molecule has 0 bridgehead atoms. The van der Waals surface area contributed by atoms with E-state index in [1.54, 1.807) is 6.92 Å². The molecule has 0 aliphatic heterocycles. The van der Waals surface area contributed by atoms with Crippen molar-refractivity contribution in [3.63, 3.8) is 0 Å². The van der Waals surface area contributed by atoms with Gasteiger partial charge in [-0.25, -0.2) is 0 Å². The molecular weight excluding hydrogens is 206 g/mol. The van der Waals surface area contributed by atoms with Crippen LogP contribution in [-0.4, -0.2) is 33.9 Å². The van der Waals surface area contributed by atoms with E-state index >= 15 is 0 Å². The maximum atomic E-state index is 11.2. The maximum absolute atomic E-state index is 11.2. The average molecular weight is 231 g/mol. The van der Waals surface area contributed by atoms with E-state index in [4.69, 9.17) is 5.11 Å². The molecule has 4 heteroatoms. The Morgan fingerprint density at radius 1 is 1.25 bits per heavy atom. The summed E-state index contributed by atoms with van der Waals surface area (Å²) >= 11 is 0. The first-order chi connectivity index (χ1) is 7.33. The number of carboxylic acids is 1. The molecular formula is C12H25NO3. The third-order valence-electron chi connectivity index (χ3n) is 3.35. The Kier molecular flexibility index (Phi) is 5.97. The van der Waals surface area contributed by atoms with Crippen molar-refractivity contribution in [2.75, 3.05) is 6.54 Å². The molecule has 4 nitrogen and oxygen atoms in total. The lowest BCUT2D eigenvalue weighted by Crippen LogP contribution is -2.54. The summed E-state index contributed by atoms with van der Waals surface area (Å²) in [5.74, 6) is -0.857. The largest absolute Gasteiger partial charge is 0.480 e. The van der Waals surface area contributed by atoms with Gasteiger partial charge >= 0.3 is 5.97 Å². The van der Waals surface area contributed by atoms with Gasteiger partial charge in [0.1, 0.15) is 5.54 Å². The van der Waals surface area contributed by atoms with Crippen LogP contribution in [0, 0.1) is 0 Å². The molecule has 0 aromatic carbocycles. The van der Waals surface area contributed by atoms with Crippen molar-refractivity contribution in [2.45, 2.75) is 64.5 Å². The van der Waals surface area contributed by atoms with Crippen molar-refractivity contribution in [1.29, 1.82) is 0 Å². The topological polar surface area (TPSA) is 69.6 Å². The van der Waals surface area contributed by atoms with Crippen molar-refractivity contribution in [1.82, 2.24) is 5.32 Å². The van der Waals surface area contributed by atoms with Gasteiger partial charge in [-0.3, -0.25) is 10.1 Å². The maximum Gasteiger partial charge on any atom is 0.323 e. The van der Waals surface area contributed by atoms with Crippen molar-refractivity contribution >= 4 is 5.97 Å². The predicted octanol–water partition coefficient (Wildman–Crippen LogP) is 1.77. The monoisotopic (exact) mass is 231 g/mol. The number of carboxylic acid groups (broad SMARTS) is 1. The molecule has 0 aliphatic carbocycles. The van der Waals surface area contributed by atoms with Crippen molar-refractivity contribution in [3.8, 4) is 0 Å². The number of aliphatic carboxylic acids is 1. The molecule has 1 unspecified atom stereocenters. The lowest BCUT2D eigenvalue weighted by molar-refractivity contribution is -0.145. The zero-order valence-electron chi connectivity index (χ0n) is 10.8. The van der Waals surface area contributed by atoms with Gasteiger partial charge in [-0.15, -0.1) is 0 Å². The van der Waals surface area contributed by atoms with Crippen molar-refractivity contribution in [3.05, 3.63) is 0 Å². The first-order valence-corrected chi connectivity index (χ1v) is 6.04. The highest BCUT2D eigenvalue weighted by Crippen LogP contribution is 2.18. The van der Waals surface area contributed by atoms with E-state index in [0.29, 0.717) is 25.8 Å². The Labute approximate surface area is 98.1 Å². The second-order valence-electron chi connectivity index (χ2n) is 4.67. The summed E-state index contributed by atoms with van der Waals surface area (Å²) in [4.78, 5) is 11.2. The van der Waals surface area contributed by atoms with Gasteiger partial charge in [0.05, 0.1) is 5.60 Å². The molecule has 0 heterocycles. The van der Waals surface area contributed by atoms with Crippen LogP contribution in [-0.2, 0) is 4.79 Å². The molecule has 0 radical (unpaired) electrons. The number of aliphatic hydroxyl groups is 1. The van der Waals surface area contributed by atoms with Crippen LogP contribution in [0.5, 0.6) is 0 Å². The summed E-state index contributed by atoms with van der Waals surface area (Å²) in [5.41, 5.74) is -1.74. The second kappa shape index (κ2) is 6.21. The van der Waals surface area contributed by atoms with E-state index in [1.165, 1.54) is 0 Å². The van der Waals surface area contributed by atoms with Crippen LogP contribution >= 0.6 is 0 Å². The fourth-order valence-corrected chi connectivity index (χ4v) is 1.63. The van der Waals surface area contributed by atoms with E-state index in [2.05, 4.69) is 5.32 Å². The molecule has 0 spiro atoms. The molecule has 0 saturated carbocycles. The first-order valence-electron chi connectivity index (χ1n) is 6.04. The lowest BCUT2D eigenvalue weighted by Gasteiger charge is -2.32. The fraction of sp³-hybridized carbons (Fsp3) is 0.917. The second-order valence-corrected chi connectivity index (χ2v) is 4.67. The SMILES string of the molecule is CCCC(C)(NCC(O)(CC)CC)C(=O)O. The van der Waals surface area contributed by atoms with Crippen LogP contribution in [0.4, 0.5) is 0 Å². The molecule has 0 aliphatic rings. The molecule has 3 N–H and O–H groups in total. The van der Waals surface area contributed by atoms with Gasteiger partial charge in [0, 0.05) is 6.54 Å². The Morgan fingerprint density at radius 3 is 2.06 bits per heavy atom. The summed E-state index contributed by atoms with van der Waals surface area (Å²) in [6, 6.07) is 0. The molecule has 96 valence electrons. The predicted molar refractivity (Wildman–Crippen MR) is 64.5 cm³/mol. The van der Waals surface area contributed by atoms with E-state index in [1.807, 2.05) is 20.8 Å². The summed E-state index contributed by atoms with van der Waals surface area (Å²) in [7, 11) is 0. The van der Waals surface area contributed by atoms with Gasteiger partial charge < -0.3 is 10.2 Å². The average Bonchev–Trinajstić information content (AvgIpc) is 2.26. The quantitative estimate of drug-likeness (QED) is 0.595. The molecule has 0 fully saturated rings. The summed E-state index contributed by atoms with van der Waals surface area (Å²) < 4.78 is 0. The lowest BCUT2D eigenvalue weighted by atomic mass is 9.92. The zero-order valence-corrected chi connectivity index (χ0v) is 10.8. The van der Waals surface area contributed by atoms with Crippen LogP contribution in [0.1, 0.15) is 53.4 Å². The third-order valence-corrected chi connectivity index (χ3v) is 3.35. The normalized spacial score (nSPS) is 15.8. The summed E-state index contributed by atoms with van der Waals surface area (Å²) in [6.45, 7) is 7.76. The number of nitrogens with one attached hydrogen (secondary N) is 1. The van der Waals surface area contributed by atoms with Crippen LogP contribution < -0.4 is 5.32 Å². The Balaban J connectivity index is 4.49. The number of rotatable bonds is 8. The van der Waals surface area contributed by atoms with Gasteiger partial charge in [0.15, 0.2) is 0 Å². The Bertz CT molecular complexity index is 226. The minimum Gasteiger partial charge on any atom is -0.480 e. The number of carbonyl (C=O) groups is 1. The van der Waals surface area contributed by atoms with Gasteiger partial charge in [-0.05, 0) is 26.2 Å². The van der Waals surface area contributed by atoms with E-state index in [9.17, 15) is 9.90 Å². The van der Waals surface area contributed by atoms with E-state index in [-0.39, 0.29) is 0 Å². The van der Waals surface area contributed by atoms with E-state index in [0.717, 1.165) is 6.42 Å². The highest BCUT2D eigenvalue weighted by molar-refractivity contribution is 5.78. The summed E-state index contributed by atoms with van der Waals surface area (Å²) in [6.07, 6.45) is 2.61. The molecule has 0 rings (SSSR count). The third kappa shape index (κ3) is 4.10. The molecule has 0 aromatic rings. The highest BCUT2D eigenvalue weighted by Gasteiger charge is 2.34. The van der Waals surface area contributed by atoms with E-state index < -0.39 is 17.1 Å². The van der Waals surface area contributed by atoms with Gasteiger partial charge in [-0.2, -0.15) is 0 Å². The minimum absolute atomic E-state index is 0.322. The Morgan fingerprint density at radius 2 is 1.75 bits per heavy atom. The molecule has 1 atom stereocenters. The molecule has 16 heavy (non-hydrogen) atoms. The molecule has 0 aromatic heterocycles. The fourth-order valence-electron chi connectivity index (χ4n) is 1.63. The standard InChI is InChI=1S/C12H25NO3/c1-5-8-11(4,10(14)15)13-9-12(16,6-2)7-3/h13,16H,5-9H2,1-4H3,(H,14,15). The van der Waals surface area contributed by atoms with Crippen molar-refractivity contribution < 1.29 is 15.0 Å². The molecule has 0 saturated heterocycles. The minimum atomic E-state index is -0.937. The zero-order chi connectivity index (χ0) is 12.8. The molecule has 0 amide bonds. The number of hydrogen-bond acceptors (Lipinski definition) is 3. The Hall–Kier alpha value is -0.610. The van der Waals surface area contributed by atoms with Gasteiger partial charge in [0.2, 0.25) is 0 Å². The van der Waals surface area contributed by atoms with Gasteiger partial charge in [-0.1, -0.05) is 27.2 Å². The van der Waals surface area contributed by atoms with Crippen LogP contribution in [0.3, 0.4) is 0 Å². The summed E-state index contributed by atoms with van der Waals surface area (Å²) in [5, 5.41) is 22.2. The van der Waals surface area contributed by atoms with Crippen molar-refractivity contribution in [2.24, 2.45) is 0 Å². The highest BCUT2D eigenvalue weighted by atomic mass is 16.4. The number of hydrogen-bond donors (Lipinski definition) is 3. The van der Waals surface area contributed by atoms with Crippen LogP contribution in [0.25, 0.3) is 0 Å². The first kappa shape index (κ1) is 15.4. The smallest absolute Gasteiger partial charge is 0.323 e. The number of β-amino-alcohol motifs (C(OH)–C–C–N with tert-alkyl or cyclic N) is 1. The van der Waals surface area contributed by atoms with Crippen LogP contribution in [0.15, 0.2) is 0 Å². The van der Waals surface area contributed by atoms with Gasteiger partial charge in [0.25, 0.3) is 0 Å².